The van der Waals surface area contributed by atoms with Gasteiger partial charge in [-0.1, -0.05) is 31.7 Å². The van der Waals surface area contributed by atoms with Crippen LogP contribution in [0.3, 0.4) is 0 Å². The van der Waals surface area contributed by atoms with E-state index in [4.69, 9.17) is 17.2 Å². The number of pyridine rings is 2. The van der Waals surface area contributed by atoms with Gasteiger partial charge in [-0.2, -0.15) is 0 Å². The van der Waals surface area contributed by atoms with Crippen LogP contribution < -0.4 is 27.8 Å². The molecular formula is C48H53Br2N13O4. The van der Waals surface area contributed by atoms with Crippen LogP contribution in [-0.4, -0.2) is 97.0 Å². The van der Waals surface area contributed by atoms with Crippen molar-refractivity contribution in [1.29, 1.82) is 0 Å². The van der Waals surface area contributed by atoms with Crippen LogP contribution in [-0.2, 0) is 0 Å². The van der Waals surface area contributed by atoms with E-state index in [2.05, 4.69) is 90.6 Å². The summed E-state index contributed by atoms with van der Waals surface area (Å²) >= 11 is 6.86. The highest BCUT2D eigenvalue weighted by atomic mass is 79.9. The van der Waals surface area contributed by atoms with Crippen molar-refractivity contribution in [3.63, 3.8) is 0 Å². The zero-order chi connectivity index (χ0) is 45.8. The van der Waals surface area contributed by atoms with E-state index in [-0.39, 0.29) is 31.6 Å². The van der Waals surface area contributed by atoms with Crippen LogP contribution in [0, 0.1) is 17.8 Å². The first kappa shape index (κ1) is 45.4. The molecule has 4 fully saturated rings. The van der Waals surface area contributed by atoms with Gasteiger partial charge in [0.2, 0.25) is 0 Å². The third kappa shape index (κ3) is 7.50. The van der Waals surface area contributed by atoms with E-state index in [9.17, 15) is 20.4 Å². The van der Waals surface area contributed by atoms with Crippen molar-refractivity contribution in [2.45, 2.75) is 88.6 Å². The van der Waals surface area contributed by atoms with Gasteiger partial charge in [-0.25, -0.2) is 29.9 Å². The summed E-state index contributed by atoms with van der Waals surface area (Å²) in [7, 11) is 0. The standard InChI is InChI=1S/C24H25BrN6O2.C23H24BrN7O2.CH4/c1-12-15-4-5-31(23(15)29-11-28-12)19-9-24(21(33)20(19)32)8-18(27-10-24)14-3-2-13-6-16(25)22(26)30-17(13)7-14;24-14-5-11-1-2-12(6-15(11)30-21(14)26)16-7-23(9-27-16)8-17(18(32)19(23)33)31-4-3-13-20(25)28-10-29-22(13)31;/h2-7,11,18-21,27,32-33H,8-10H2,1H3,(H2,26,30);1-6,10,16-19,27,32-33H,7-9H2,(H2,26,30)(H2,25,28,29);1H4/t18-,19+,20-,21-,24-;16-,17+,18-,19-,23-;/m00./s1. The van der Waals surface area contributed by atoms with Crippen LogP contribution in [0.25, 0.3) is 43.9 Å². The van der Waals surface area contributed by atoms with E-state index in [1.807, 2.05) is 70.9 Å². The van der Waals surface area contributed by atoms with Crippen molar-refractivity contribution >= 4 is 93.2 Å². The Balaban J connectivity index is 0.000000154. The molecule has 67 heavy (non-hydrogen) atoms. The molecule has 0 bridgehead atoms. The van der Waals surface area contributed by atoms with Gasteiger partial charge in [0.25, 0.3) is 0 Å². The molecule has 348 valence electrons. The zero-order valence-corrected chi connectivity index (χ0v) is 39.0. The molecule has 6 aromatic heterocycles. The molecular weight excluding hydrogens is 982 g/mol. The number of aliphatic hydroxyl groups excluding tert-OH is 4. The average Bonchev–Trinajstić information content (AvgIpc) is 4.18. The molecule has 0 amide bonds. The smallest absolute Gasteiger partial charge is 0.145 e. The number of benzene rings is 2. The number of nitrogen functional groups attached to an aromatic ring is 3. The Bertz CT molecular complexity index is 2990. The number of nitrogens with one attached hydrogen (secondary N) is 2. The first-order valence-corrected chi connectivity index (χ1v) is 23.6. The Morgan fingerprint density at radius 3 is 1.57 bits per heavy atom. The lowest BCUT2D eigenvalue weighted by Gasteiger charge is -2.27. The van der Waals surface area contributed by atoms with Gasteiger partial charge in [0.05, 0.1) is 55.4 Å². The summed E-state index contributed by atoms with van der Waals surface area (Å²) in [6.45, 7) is 3.19. The van der Waals surface area contributed by atoms with E-state index in [1.54, 1.807) is 6.33 Å². The van der Waals surface area contributed by atoms with E-state index in [0.717, 1.165) is 70.4 Å². The number of nitrogens with two attached hydrogens (primary N) is 3. The second-order valence-corrected chi connectivity index (χ2v) is 20.4. The fourth-order valence-electron chi connectivity index (χ4n) is 11.4. The summed E-state index contributed by atoms with van der Waals surface area (Å²) in [6.07, 6.45) is 6.04. The van der Waals surface area contributed by atoms with Gasteiger partial charge in [-0.3, -0.25) is 0 Å². The molecule has 2 saturated carbocycles. The van der Waals surface area contributed by atoms with Gasteiger partial charge in [-0.15, -0.1) is 0 Å². The molecule has 10 atom stereocenters. The lowest BCUT2D eigenvalue weighted by molar-refractivity contribution is -0.0218. The number of rotatable bonds is 4. The molecule has 2 aliphatic carbocycles. The normalized spacial score (nSPS) is 29.1. The summed E-state index contributed by atoms with van der Waals surface area (Å²) < 4.78 is 5.48. The Labute approximate surface area is 402 Å². The van der Waals surface area contributed by atoms with Crippen LogP contribution in [0.5, 0.6) is 0 Å². The van der Waals surface area contributed by atoms with Crippen molar-refractivity contribution in [2.24, 2.45) is 10.8 Å². The minimum Gasteiger partial charge on any atom is -0.390 e. The summed E-state index contributed by atoms with van der Waals surface area (Å²) in [4.78, 5) is 26.1. The zero-order valence-electron chi connectivity index (χ0n) is 35.8. The van der Waals surface area contributed by atoms with Gasteiger partial charge in [0, 0.05) is 64.6 Å². The second kappa shape index (κ2) is 17.0. The van der Waals surface area contributed by atoms with Crippen LogP contribution in [0.1, 0.15) is 74.1 Å². The lowest BCUT2D eigenvalue weighted by atomic mass is 9.80. The molecule has 8 aromatic rings. The number of fused-ring (bicyclic) bond motifs is 4. The fraction of sp³-hybridized carbons (Fsp3) is 0.375. The molecule has 2 spiro atoms. The number of hydrogen-bond donors (Lipinski definition) is 9. The first-order chi connectivity index (χ1) is 31.7. The van der Waals surface area contributed by atoms with Crippen molar-refractivity contribution in [2.75, 3.05) is 30.3 Å². The predicted octanol–water partition coefficient (Wildman–Crippen LogP) is 5.95. The minimum absolute atomic E-state index is 0. The summed E-state index contributed by atoms with van der Waals surface area (Å²) in [5.41, 5.74) is 23.3. The monoisotopic (exact) mass is 1030 g/mol. The van der Waals surface area contributed by atoms with Crippen molar-refractivity contribution in [1.82, 2.24) is 49.7 Å². The van der Waals surface area contributed by atoms with E-state index in [0.29, 0.717) is 55.5 Å². The van der Waals surface area contributed by atoms with Crippen molar-refractivity contribution < 1.29 is 20.4 Å². The van der Waals surface area contributed by atoms with Crippen LogP contribution in [0.2, 0.25) is 0 Å². The number of anilines is 3. The molecule has 12 N–H and O–H groups in total. The number of nitrogens with zero attached hydrogens (tertiary/aromatic N) is 8. The Hall–Kier alpha value is -5.38. The molecule has 19 heteroatoms. The quantitative estimate of drug-likeness (QED) is 0.0986. The third-order valence-corrected chi connectivity index (χ3v) is 16.2. The van der Waals surface area contributed by atoms with Gasteiger partial charge >= 0.3 is 0 Å². The molecule has 0 radical (unpaired) electrons. The first-order valence-electron chi connectivity index (χ1n) is 22.0. The maximum Gasteiger partial charge on any atom is 0.145 e. The van der Waals surface area contributed by atoms with Gasteiger partial charge < -0.3 is 57.4 Å². The number of hydrogen-bond acceptors (Lipinski definition) is 15. The van der Waals surface area contributed by atoms with E-state index >= 15 is 0 Å². The van der Waals surface area contributed by atoms with Gasteiger partial charge in [0.15, 0.2) is 0 Å². The number of halogens is 2. The van der Waals surface area contributed by atoms with Crippen LogP contribution >= 0.6 is 31.9 Å². The fourth-order valence-corrected chi connectivity index (χ4v) is 12.0. The van der Waals surface area contributed by atoms with Gasteiger partial charge in [0.1, 0.15) is 53.6 Å². The highest BCUT2D eigenvalue weighted by Crippen LogP contribution is 2.54. The number of aryl methyl sites for hydroxylation is 1. The molecule has 17 nitrogen and oxygen atoms in total. The topological polar surface area (TPSA) is 270 Å². The summed E-state index contributed by atoms with van der Waals surface area (Å²) in [5.74, 6) is 1.32. The highest BCUT2D eigenvalue weighted by molar-refractivity contribution is 9.11. The number of aromatic nitrogens is 8. The van der Waals surface area contributed by atoms with E-state index < -0.39 is 35.2 Å². The summed E-state index contributed by atoms with van der Waals surface area (Å²) in [5, 5.41) is 55.3. The maximum atomic E-state index is 11.2. The van der Waals surface area contributed by atoms with Crippen LogP contribution in [0.15, 0.2) is 94.7 Å². The molecule has 2 aromatic carbocycles. The molecule has 4 aliphatic rings. The Morgan fingerprint density at radius 2 is 1.06 bits per heavy atom. The van der Waals surface area contributed by atoms with Gasteiger partial charge in [-0.05, 0) is 112 Å². The average molecular weight is 1040 g/mol. The largest absolute Gasteiger partial charge is 0.390 e. The van der Waals surface area contributed by atoms with E-state index in [1.165, 1.54) is 6.33 Å². The SMILES string of the molecule is C.Cc1ncnc2c1ccn2[C@@H]1C[C@@]2(CN[C@H](c3ccc4cc(Br)c(N)nc4c3)C2)[C@@H](O)[C@H]1O.Nc1nc2cc([C@@H]3C[C@@]4(CN3)C[C@@H](n3ccc5c(N)ncnc53)[C@H](O)[C@@H]4O)ccc2cc1Br. The third-order valence-electron chi connectivity index (χ3n) is 15.0. The second-order valence-electron chi connectivity index (χ2n) is 18.7. The predicted molar refractivity (Wildman–Crippen MR) is 266 cm³/mol. The lowest BCUT2D eigenvalue weighted by Crippen LogP contribution is -2.38. The Kier molecular flexibility index (Phi) is 11.5. The molecule has 8 heterocycles. The highest BCUT2D eigenvalue weighted by Gasteiger charge is 2.58. The minimum atomic E-state index is -0.909. The van der Waals surface area contributed by atoms with Crippen molar-refractivity contribution in [3.8, 4) is 0 Å². The summed E-state index contributed by atoms with van der Waals surface area (Å²) in [6, 6.07) is 19.7. The van der Waals surface area contributed by atoms with Crippen molar-refractivity contribution in [3.05, 3.63) is 111 Å². The Morgan fingerprint density at radius 1 is 0.597 bits per heavy atom. The maximum absolute atomic E-state index is 11.2. The molecule has 2 saturated heterocycles. The number of aliphatic hydroxyl groups is 4. The van der Waals surface area contributed by atoms with Crippen LogP contribution in [0.4, 0.5) is 17.5 Å². The molecule has 12 rings (SSSR count). The molecule has 2 aliphatic heterocycles. The molecule has 0 unspecified atom stereocenters.